The smallest absolute Gasteiger partial charge is 0.307 e. The van der Waals surface area contributed by atoms with Crippen molar-refractivity contribution in [1.29, 1.82) is 0 Å². The average molecular weight is 218 g/mol. The van der Waals surface area contributed by atoms with Crippen molar-refractivity contribution in [2.24, 2.45) is 5.92 Å². The van der Waals surface area contributed by atoms with Crippen LogP contribution in [-0.2, 0) is 11.2 Å². The lowest BCUT2D eigenvalue weighted by Crippen LogP contribution is -2.19. The lowest BCUT2D eigenvalue weighted by Gasteiger charge is -2.19. The van der Waals surface area contributed by atoms with Crippen molar-refractivity contribution in [3.63, 3.8) is 0 Å². The molecule has 2 atom stereocenters. The molecule has 0 aliphatic heterocycles. The van der Waals surface area contributed by atoms with E-state index in [-0.39, 0.29) is 11.8 Å². The highest BCUT2D eigenvalue weighted by Gasteiger charge is 2.32. The standard InChI is InChI=1S/C14H18O2/c1-3-11(14(15)16)13-7-5-10-8-9(2)4-6-12(10)13/h4,6,8,11,13H,3,5,7H2,1-2H3,(H,15,16)/t11-,13-/m1/s1. The lowest BCUT2D eigenvalue weighted by atomic mass is 9.85. The zero-order valence-corrected chi connectivity index (χ0v) is 9.86. The van der Waals surface area contributed by atoms with E-state index in [4.69, 9.17) is 0 Å². The highest BCUT2D eigenvalue weighted by atomic mass is 16.4. The Morgan fingerprint density at radius 3 is 2.94 bits per heavy atom. The van der Waals surface area contributed by atoms with Gasteiger partial charge in [0, 0.05) is 0 Å². The van der Waals surface area contributed by atoms with E-state index >= 15 is 0 Å². The van der Waals surface area contributed by atoms with E-state index in [0.29, 0.717) is 6.42 Å². The van der Waals surface area contributed by atoms with Crippen LogP contribution in [0.25, 0.3) is 0 Å². The fourth-order valence-electron chi connectivity index (χ4n) is 2.83. The molecule has 1 N–H and O–H groups in total. The molecule has 0 unspecified atom stereocenters. The van der Waals surface area contributed by atoms with Crippen molar-refractivity contribution < 1.29 is 9.90 Å². The Balaban J connectivity index is 2.32. The molecule has 0 saturated heterocycles. The van der Waals surface area contributed by atoms with E-state index in [1.165, 1.54) is 16.7 Å². The minimum atomic E-state index is -0.652. The summed E-state index contributed by atoms with van der Waals surface area (Å²) in [5.41, 5.74) is 3.88. The third kappa shape index (κ3) is 1.84. The van der Waals surface area contributed by atoms with Crippen LogP contribution in [0, 0.1) is 12.8 Å². The number of fused-ring (bicyclic) bond motifs is 1. The molecule has 1 aromatic rings. The number of aliphatic carboxylic acids is 1. The van der Waals surface area contributed by atoms with E-state index < -0.39 is 5.97 Å². The second kappa shape index (κ2) is 4.28. The molecule has 1 aromatic carbocycles. The van der Waals surface area contributed by atoms with Gasteiger partial charge in [0.1, 0.15) is 0 Å². The maximum atomic E-state index is 11.2. The second-order valence-electron chi connectivity index (χ2n) is 4.70. The van der Waals surface area contributed by atoms with Gasteiger partial charge in [0.05, 0.1) is 5.92 Å². The van der Waals surface area contributed by atoms with E-state index in [0.717, 1.165) is 12.8 Å². The molecule has 0 spiro atoms. The number of carbonyl (C=O) groups is 1. The number of benzene rings is 1. The quantitative estimate of drug-likeness (QED) is 0.846. The van der Waals surface area contributed by atoms with Crippen LogP contribution in [0.1, 0.15) is 42.4 Å². The largest absolute Gasteiger partial charge is 0.481 e. The Morgan fingerprint density at radius 1 is 1.56 bits per heavy atom. The van der Waals surface area contributed by atoms with Gasteiger partial charge >= 0.3 is 5.97 Å². The fourth-order valence-corrected chi connectivity index (χ4v) is 2.83. The van der Waals surface area contributed by atoms with Crippen LogP contribution in [0.2, 0.25) is 0 Å². The van der Waals surface area contributed by atoms with Crippen LogP contribution < -0.4 is 0 Å². The van der Waals surface area contributed by atoms with Crippen molar-refractivity contribution in [2.45, 2.75) is 39.0 Å². The zero-order chi connectivity index (χ0) is 11.7. The van der Waals surface area contributed by atoms with Crippen LogP contribution in [0.3, 0.4) is 0 Å². The molecule has 2 nitrogen and oxygen atoms in total. The van der Waals surface area contributed by atoms with Gasteiger partial charge in [-0.15, -0.1) is 0 Å². The zero-order valence-electron chi connectivity index (χ0n) is 9.86. The first-order valence-electron chi connectivity index (χ1n) is 5.95. The van der Waals surface area contributed by atoms with Gasteiger partial charge in [-0.25, -0.2) is 0 Å². The number of aryl methyl sites for hydroxylation is 2. The molecule has 0 bridgehead atoms. The minimum Gasteiger partial charge on any atom is -0.481 e. The third-order valence-corrected chi connectivity index (χ3v) is 3.67. The summed E-state index contributed by atoms with van der Waals surface area (Å²) in [5.74, 6) is -0.650. The summed E-state index contributed by atoms with van der Waals surface area (Å²) in [7, 11) is 0. The second-order valence-corrected chi connectivity index (χ2v) is 4.70. The van der Waals surface area contributed by atoms with Crippen LogP contribution >= 0.6 is 0 Å². The topological polar surface area (TPSA) is 37.3 Å². The van der Waals surface area contributed by atoms with Gasteiger partial charge in [0.25, 0.3) is 0 Å². The molecule has 16 heavy (non-hydrogen) atoms. The summed E-state index contributed by atoms with van der Waals surface area (Å²) in [6.45, 7) is 4.05. The number of carboxylic acids is 1. The Hall–Kier alpha value is -1.31. The van der Waals surface area contributed by atoms with Crippen molar-refractivity contribution in [3.05, 3.63) is 34.9 Å². The first-order valence-corrected chi connectivity index (χ1v) is 5.95. The first kappa shape index (κ1) is 11.2. The van der Waals surface area contributed by atoms with Crippen molar-refractivity contribution >= 4 is 5.97 Å². The molecule has 1 aliphatic rings. The summed E-state index contributed by atoms with van der Waals surface area (Å²) < 4.78 is 0. The van der Waals surface area contributed by atoms with Crippen LogP contribution in [0.15, 0.2) is 18.2 Å². The number of rotatable bonds is 3. The Bertz CT molecular complexity index is 409. The van der Waals surface area contributed by atoms with Crippen LogP contribution in [-0.4, -0.2) is 11.1 Å². The molecule has 86 valence electrons. The average Bonchev–Trinajstić information content (AvgIpc) is 2.62. The summed E-state index contributed by atoms with van der Waals surface area (Å²) in [5, 5.41) is 9.21. The number of hydrogen-bond donors (Lipinski definition) is 1. The summed E-state index contributed by atoms with van der Waals surface area (Å²) in [6, 6.07) is 6.41. The van der Waals surface area contributed by atoms with Crippen molar-refractivity contribution in [3.8, 4) is 0 Å². The predicted molar refractivity (Wildman–Crippen MR) is 63.7 cm³/mol. The van der Waals surface area contributed by atoms with Gasteiger partial charge < -0.3 is 5.11 Å². The molecular weight excluding hydrogens is 200 g/mol. The van der Waals surface area contributed by atoms with Gasteiger partial charge in [-0.1, -0.05) is 30.7 Å². The van der Waals surface area contributed by atoms with Gasteiger partial charge in [-0.05, 0) is 43.2 Å². The number of carboxylic acid groups (broad SMARTS) is 1. The molecule has 0 amide bonds. The van der Waals surface area contributed by atoms with E-state index in [1.807, 2.05) is 6.92 Å². The SMILES string of the molecule is CC[C@@H](C(=O)O)[C@H]1CCc2cc(C)ccc21. The maximum absolute atomic E-state index is 11.2. The van der Waals surface area contributed by atoms with E-state index in [1.54, 1.807) is 0 Å². The molecule has 1 aliphatic carbocycles. The molecule has 0 fully saturated rings. The molecule has 2 rings (SSSR count). The molecule has 0 aromatic heterocycles. The van der Waals surface area contributed by atoms with Gasteiger partial charge in [-0.3, -0.25) is 4.79 Å². The van der Waals surface area contributed by atoms with Gasteiger partial charge in [0.2, 0.25) is 0 Å². The van der Waals surface area contributed by atoms with E-state index in [9.17, 15) is 9.90 Å². The van der Waals surface area contributed by atoms with Crippen LogP contribution in [0.4, 0.5) is 0 Å². The molecular formula is C14H18O2. The van der Waals surface area contributed by atoms with Crippen LogP contribution in [0.5, 0.6) is 0 Å². The first-order chi connectivity index (χ1) is 7.63. The summed E-state index contributed by atoms with van der Waals surface area (Å²) >= 11 is 0. The van der Waals surface area contributed by atoms with Gasteiger partial charge in [0.15, 0.2) is 0 Å². The Morgan fingerprint density at radius 2 is 2.31 bits per heavy atom. The third-order valence-electron chi connectivity index (χ3n) is 3.67. The maximum Gasteiger partial charge on any atom is 0.307 e. The van der Waals surface area contributed by atoms with Gasteiger partial charge in [-0.2, -0.15) is 0 Å². The monoisotopic (exact) mass is 218 g/mol. The predicted octanol–water partition coefficient (Wildman–Crippen LogP) is 3.14. The highest BCUT2D eigenvalue weighted by molar-refractivity contribution is 5.71. The Kier molecular flexibility index (Phi) is 2.99. The minimum absolute atomic E-state index is 0.219. The Labute approximate surface area is 96.3 Å². The summed E-state index contributed by atoms with van der Waals surface area (Å²) in [4.78, 5) is 11.2. The van der Waals surface area contributed by atoms with Crippen molar-refractivity contribution in [1.82, 2.24) is 0 Å². The molecule has 0 radical (unpaired) electrons. The fraction of sp³-hybridized carbons (Fsp3) is 0.500. The number of hydrogen-bond acceptors (Lipinski definition) is 1. The van der Waals surface area contributed by atoms with Crippen molar-refractivity contribution in [2.75, 3.05) is 0 Å². The molecule has 2 heteroatoms. The van der Waals surface area contributed by atoms with E-state index in [2.05, 4.69) is 25.1 Å². The summed E-state index contributed by atoms with van der Waals surface area (Å²) in [6.07, 6.45) is 2.74. The normalized spacial score (nSPS) is 20.5. The lowest BCUT2D eigenvalue weighted by molar-refractivity contribution is -0.142. The highest BCUT2D eigenvalue weighted by Crippen LogP contribution is 2.40. The molecule has 0 heterocycles. The molecule has 0 saturated carbocycles.